The maximum atomic E-state index is 13.2. The molecule has 3 N–H and O–H groups in total. The monoisotopic (exact) mass is 286 g/mol. The second kappa shape index (κ2) is 6.65. The summed E-state index contributed by atoms with van der Waals surface area (Å²) in [4.78, 5) is 11.5. The molecule has 20 heavy (non-hydrogen) atoms. The summed E-state index contributed by atoms with van der Waals surface area (Å²) in [5, 5.41) is 2.54. The fourth-order valence-corrected chi connectivity index (χ4v) is 1.67. The standard InChI is InChI=1S/C14H20F2N2O2/c1-14(2,3)20-13(19)18-8-10(7-17)9-4-11(15)6-12(16)5-9/h4-6,10H,7-8,17H2,1-3H3,(H,18,19). The van der Waals surface area contributed by atoms with Gasteiger partial charge in [0.2, 0.25) is 0 Å². The van der Waals surface area contributed by atoms with Crippen LogP contribution in [0, 0.1) is 11.6 Å². The Morgan fingerprint density at radius 1 is 1.30 bits per heavy atom. The van der Waals surface area contributed by atoms with Gasteiger partial charge in [-0.3, -0.25) is 0 Å². The van der Waals surface area contributed by atoms with Crippen LogP contribution in [0.1, 0.15) is 32.3 Å². The van der Waals surface area contributed by atoms with Gasteiger partial charge in [0.1, 0.15) is 17.2 Å². The largest absolute Gasteiger partial charge is 0.444 e. The summed E-state index contributed by atoms with van der Waals surface area (Å²) < 4.78 is 31.4. The predicted octanol–water partition coefficient (Wildman–Crippen LogP) is 2.53. The van der Waals surface area contributed by atoms with Crippen molar-refractivity contribution >= 4 is 6.09 Å². The fourth-order valence-electron chi connectivity index (χ4n) is 1.67. The van der Waals surface area contributed by atoms with E-state index in [0.29, 0.717) is 5.56 Å². The van der Waals surface area contributed by atoms with Crippen LogP contribution in [0.5, 0.6) is 0 Å². The molecule has 1 unspecified atom stereocenters. The molecular formula is C14H20F2N2O2. The number of rotatable bonds is 4. The molecule has 1 aromatic carbocycles. The highest BCUT2D eigenvalue weighted by Crippen LogP contribution is 2.17. The molecule has 0 radical (unpaired) electrons. The maximum Gasteiger partial charge on any atom is 0.407 e. The molecule has 1 aromatic rings. The molecule has 0 bridgehead atoms. The minimum atomic E-state index is -0.671. The van der Waals surface area contributed by atoms with Crippen LogP contribution in [0.15, 0.2) is 18.2 Å². The number of nitrogens with one attached hydrogen (secondary N) is 1. The van der Waals surface area contributed by atoms with Crippen molar-refractivity contribution in [1.82, 2.24) is 5.32 Å². The fraction of sp³-hybridized carbons (Fsp3) is 0.500. The van der Waals surface area contributed by atoms with E-state index in [0.717, 1.165) is 6.07 Å². The Balaban J connectivity index is 2.66. The Morgan fingerprint density at radius 2 is 1.85 bits per heavy atom. The Hall–Kier alpha value is -1.69. The number of hydrogen-bond acceptors (Lipinski definition) is 3. The topological polar surface area (TPSA) is 64.3 Å². The molecule has 1 rings (SSSR count). The summed E-state index contributed by atoms with van der Waals surface area (Å²) in [6, 6.07) is 3.20. The van der Waals surface area contributed by atoms with Crippen molar-refractivity contribution in [2.24, 2.45) is 5.73 Å². The minimum Gasteiger partial charge on any atom is -0.444 e. The Bertz CT molecular complexity index is 452. The van der Waals surface area contributed by atoms with Crippen molar-refractivity contribution in [3.05, 3.63) is 35.4 Å². The molecular weight excluding hydrogens is 266 g/mol. The molecule has 0 spiro atoms. The van der Waals surface area contributed by atoms with E-state index in [1.54, 1.807) is 20.8 Å². The van der Waals surface area contributed by atoms with Crippen molar-refractivity contribution in [1.29, 1.82) is 0 Å². The summed E-state index contributed by atoms with van der Waals surface area (Å²) in [5.74, 6) is -1.72. The van der Waals surface area contributed by atoms with Crippen LogP contribution in [0.25, 0.3) is 0 Å². The molecule has 0 aliphatic heterocycles. The van der Waals surface area contributed by atoms with Crippen LogP contribution in [0.3, 0.4) is 0 Å². The van der Waals surface area contributed by atoms with Crippen molar-refractivity contribution in [3.8, 4) is 0 Å². The third-order valence-corrected chi connectivity index (χ3v) is 2.53. The molecule has 4 nitrogen and oxygen atoms in total. The Labute approximate surface area is 117 Å². The molecule has 112 valence electrons. The molecule has 0 fully saturated rings. The van der Waals surface area contributed by atoms with Crippen LogP contribution < -0.4 is 11.1 Å². The minimum absolute atomic E-state index is 0.147. The normalized spacial score (nSPS) is 12.9. The first kappa shape index (κ1) is 16.4. The van der Waals surface area contributed by atoms with Gasteiger partial charge in [0.25, 0.3) is 0 Å². The van der Waals surface area contributed by atoms with Crippen molar-refractivity contribution in [2.45, 2.75) is 32.3 Å². The molecule has 0 saturated carbocycles. The molecule has 0 heterocycles. The molecule has 0 aliphatic carbocycles. The summed E-state index contributed by atoms with van der Waals surface area (Å²) >= 11 is 0. The van der Waals surface area contributed by atoms with Gasteiger partial charge in [-0.15, -0.1) is 0 Å². The average Bonchev–Trinajstić information content (AvgIpc) is 2.25. The zero-order valence-corrected chi connectivity index (χ0v) is 11.9. The Morgan fingerprint density at radius 3 is 2.30 bits per heavy atom. The van der Waals surface area contributed by atoms with Gasteiger partial charge in [0.15, 0.2) is 0 Å². The SMILES string of the molecule is CC(C)(C)OC(=O)NCC(CN)c1cc(F)cc(F)c1. The molecule has 0 aromatic heterocycles. The molecule has 1 amide bonds. The van der Waals surface area contributed by atoms with Gasteiger partial charge in [-0.2, -0.15) is 0 Å². The summed E-state index contributed by atoms with van der Waals surface area (Å²) in [7, 11) is 0. The lowest BCUT2D eigenvalue weighted by atomic mass is 9.99. The van der Waals surface area contributed by atoms with Gasteiger partial charge in [0, 0.05) is 25.1 Å². The van der Waals surface area contributed by atoms with E-state index in [1.165, 1.54) is 12.1 Å². The number of carbonyl (C=O) groups is 1. The van der Waals surface area contributed by atoms with Gasteiger partial charge < -0.3 is 15.8 Å². The van der Waals surface area contributed by atoms with Gasteiger partial charge in [0.05, 0.1) is 0 Å². The second-order valence-corrected chi connectivity index (χ2v) is 5.52. The Kier molecular flexibility index (Phi) is 5.44. The van der Waals surface area contributed by atoms with E-state index in [-0.39, 0.29) is 19.0 Å². The summed E-state index contributed by atoms with van der Waals surface area (Å²) in [6.07, 6.45) is -0.590. The number of amides is 1. The van der Waals surface area contributed by atoms with Crippen LogP contribution in [-0.2, 0) is 4.74 Å². The third kappa shape index (κ3) is 5.52. The lowest BCUT2D eigenvalue weighted by molar-refractivity contribution is 0.0525. The highest BCUT2D eigenvalue weighted by molar-refractivity contribution is 5.67. The van der Waals surface area contributed by atoms with E-state index in [2.05, 4.69) is 5.32 Å². The highest BCUT2D eigenvalue weighted by atomic mass is 19.1. The van der Waals surface area contributed by atoms with Gasteiger partial charge in [-0.25, -0.2) is 13.6 Å². The quantitative estimate of drug-likeness (QED) is 0.894. The van der Waals surface area contributed by atoms with Gasteiger partial charge in [-0.05, 0) is 38.5 Å². The van der Waals surface area contributed by atoms with Crippen LogP contribution in [0.4, 0.5) is 13.6 Å². The first-order valence-electron chi connectivity index (χ1n) is 6.34. The number of ether oxygens (including phenoxy) is 1. The molecule has 0 saturated heterocycles. The lowest BCUT2D eigenvalue weighted by Crippen LogP contribution is -2.36. The number of hydrogen-bond donors (Lipinski definition) is 2. The molecule has 6 heteroatoms. The zero-order chi connectivity index (χ0) is 15.3. The first-order valence-corrected chi connectivity index (χ1v) is 6.34. The number of nitrogens with two attached hydrogens (primary N) is 1. The predicted molar refractivity (Wildman–Crippen MR) is 72.4 cm³/mol. The molecule has 0 aliphatic rings. The third-order valence-electron chi connectivity index (χ3n) is 2.53. The number of alkyl carbamates (subject to hydrolysis) is 1. The van der Waals surface area contributed by atoms with Crippen molar-refractivity contribution in [2.75, 3.05) is 13.1 Å². The summed E-state index contributed by atoms with van der Waals surface area (Å²) in [6.45, 7) is 5.53. The van der Waals surface area contributed by atoms with E-state index in [9.17, 15) is 13.6 Å². The number of benzene rings is 1. The summed E-state index contributed by atoms with van der Waals surface area (Å²) in [5.41, 5.74) is 5.38. The first-order chi connectivity index (χ1) is 9.21. The van der Waals surface area contributed by atoms with Crippen LogP contribution in [-0.4, -0.2) is 24.8 Å². The number of carbonyl (C=O) groups excluding carboxylic acids is 1. The average molecular weight is 286 g/mol. The van der Waals surface area contributed by atoms with Crippen molar-refractivity contribution < 1.29 is 18.3 Å². The van der Waals surface area contributed by atoms with Crippen LogP contribution in [0.2, 0.25) is 0 Å². The van der Waals surface area contributed by atoms with Crippen molar-refractivity contribution in [3.63, 3.8) is 0 Å². The second-order valence-electron chi connectivity index (χ2n) is 5.52. The van der Waals surface area contributed by atoms with E-state index in [4.69, 9.17) is 10.5 Å². The van der Waals surface area contributed by atoms with Gasteiger partial charge >= 0.3 is 6.09 Å². The van der Waals surface area contributed by atoms with E-state index >= 15 is 0 Å². The van der Waals surface area contributed by atoms with Gasteiger partial charge in [-0.1, -0.05) is 0 Å². The number of halogens is 2. The molecule has 1 atom stereocenters. The maximum absolute atomic E-state index is 13.2. The van der Waals surface area contributed by atoms with E-state index in [1.807, 2.05) is 0 Å². The van der Waals surface area contributed by atoms with E-state index < -0.39 is 23.3 Å². The highest BCUT2D eigenvalue weighted by Gasteiger charge is 2.18. The lowest BCUT2D eigenvalue weighted by Gasteiger charge is -2.21. The zero-order valence-electron chi connectivity index (χ0n) is 11.9. The smallest absolute Gasteiger partial charge is 0.407 e. The van der Waals surface area contributed by atoms with Crippen LogP contribution >= 0.6 is 0 Å².